The Morgan fingerprint density at radius 2 is 2.12 bits per heavy atom. The number of hydrogen-bond donors (Lipinski definition) is 2. The van der Waals surface area contributed by atoms with Crippen LogP contribution in [-0.4, -0.2) is 48.9 Å². The lowest BCUT2D eigenvalue weighted by Gasteiger charge is -2.31. The Hall–Kier alpha value is -0.260. The van der Waals surface area contributed by atoms with Crippen LogP contribution in [0.3, 0.4) is 0 Å². The number of aliphatic hydroxyl groups is 1. The zero-order chi connectivity index (χ0) is 13.3. The summed E-state index contributed by atoms with van der Waals surface area (Å²) in [5, 5.41) is 12.0. The van der Waals surface area contributed by atoms with Gasteiger partial charge in [0.25, 0.3) is 0 Å². The third-order valence-corrected chi connectivity index (χ3v) is 3.38. The largest absolute Gasteiger partial charge is 0.396 e. The van der Waals surface area contributed by atoms with Gasteiger partial charge in [-0.2, -0.15) is 0 Å². The molecule has 17 heavy (non-hydrogen) atoms. The first-order valence-electron chi connectivity index (χ1n) is 5.88. The van der Waals surface area contributed by atoms with Crippen molar-refractivity contribution in [1.29, 1.82) is 0 Å². The van der Waals surface area contributed by atoms with Gasteiger partial charge >= 0.3 is 0 Å². The fourth-order valence-electron chi connectivity index (χ4n) is 1.39. The highest BCUT2D eigenvalue weighted by Crippen LogP contribution is 2.21. The number of methoxy groups -OCH3 is 1. The second kappa shape index (κ2) is 8.78. The third-order valence-electron chi connectivity index (χ3n) is 2.46. The van der Waals surface area contributed by atoms with Crippen LogP contribution in [0.15, 0.2) is 0 Å². The number of carbonyl (C=O) groups excluding carboxylic acids is 1. The van der Waals surface area contributed by atoms with Crippen LogP contribution < -0.4 is 5.32 Å². The standard InChI is InChI=1S/C12H25NO3S/c1-12(2,3)10(5-6-14)13-11(15)9-17-8-7-16-4/h10,14H,5-9H2,1-4H3,(H,13,15). The molecule has 0 radical (unpaired) electrons. The first kappa shape index (κ1) is 16.7. The summed E-state index contributed by atoms with van der Waals surface area (Å²) in [5.41, 5.74) is -0.0322. The Morgan fingerprint density at radius 1 is 1.47 bits per heavy atom. The summed E-state index contributed by atoms with van der Waals surface area (Å²) in [6.07, 6.45) is 0.595. The highest BCUT2D eigenvalue weighted by molar-refractivity contribution is 7.99. The smallest absolute Gasteiger partial charge is 0.230 e. The number of thioether (sulfide) groups is 1. The van der Waals surface area contributed by atoms with Gasteiger partial charge in [0.15, 0.2) is 0 Å². The molecule has 0 rings (SSSR count). The van der Waals surface area contributed by atoms with Gasteiger partial charge in [-0.25, -0.2) is 0 Å². The van der Waals surface area contributed by atoms with E-state index in [4.69, 9.17) is 9.84 Å². The molecule has 0 heterocycles. The van der Waals surface area contributed by atoms with Gasteiger partial charge in [-0.05, 0) is 11.8 Å². The normalized spacial score (nSPS) is 13.5. The molecule has 1 unspecified atom stereocenters. The van der Waals surface area contributed by atoms with Crippen molar-refractivity contribution in [2.24, 2.45) is 5.41 Å². The Bertz CT molecular complexity index is 216. The molecule has 0 aliphatic rings. The Morgan fingerprint density at radius 3 is 2.59 bits per heavy atom. The van der Waals surface area contributed by atoms with Crippen LogP contribution >= 0.6 is 11.8 Å². The van der Waals surface area contributed by atoms with Gasteiger partial charge in [-0.15, -0.1) is 11.8 Å². The summed E-state index contributed by atoms with van der Waals surface area (Å²) in [6, 6.07) is 0.0167. The van der Waals surface area contributed by atoms with E-state index in [1.165, 1.54) is 0 Å². The van der Waals surface area contributed by atoms with Gasteiger partial charge in [0, 0.05) is 25.5 Å². The van der Waals surface area contributed by atoms with Crippen molar-refractivity contribution in [3.8, 4) is 0 Å². The van der Waals surface area contributed by atoms with Gasteiger partial charge in [0.2, 0.25) is 5.91 Å². The van der Waals surface area contributed by atoms with Crippen LogP contribution in [0.25, 0.3) is 0 Å². The molecular formula is C12H25NO3S. The number of carbonyl (C=O) groups is 1. The van der Waals surface area contributed by atoms with Gasteiger partial charge in [-0.3, -0.25) is 4.79 Å². The lowest BCUT2D eigenvalue weighted by molar-refractivity contribution is -0.120. The molecule has 5 heteroatoms. The predicted octanol–water partition coefficient (Wildman–Crippen LogP) is 1.28. The van der Waals surface area contributed by atoms with Crippen LogP contribution in [0, 0.1) is 5.41 Å². The van der Waals surface area contributed by atoms with Crippen molar-refractivity contribution < 1.29 is 14.6 Å². The van der Waals surface area contributed by atoms with E-state index in [-0.39, 0.29) is 24.0 Å². The Kier molecular flexibility index (Phi) is 8.64. The van der Waals surface area contributed by atoms with Gasteiger partial charge in [0.05, 0.1) is 12.4 Å². The minimum atomic E-state index is -0.0322. The summed E-state index contributed by atoms with van der Waals surface area (Å²) in [6.45, 7) is 6.94. The molecule has 0 spiro atoms. The van der Waals surface area contributed by atoms with Crippen molar-refractivity contribution in [2.75, 3.05) is 31.8 Å². The molecule has 0 aromatic carbocycles. The molecule has 0 fully saturated rings. The second-order valence-electron chi connectivity index (χ2n) is 5.04. The fraction of sp³-hybridized carbons (Fsp3) is 0.917. The number of ether oxygens (including phenoxy) is 1. The summed E-state index contributed by atoms with van der Waals surface area (Å²) in [4.78, 5) is 11.7. The third kappa shape index (κ3) is 8.46. The van der Waals surface area contributed by atoms with Gasteiger partial charge in [-0.1, -0.05) is 20.8 Å². The molecule has 0 bridgehead atoms. The maximum Gasteiger partial charge on any atom is 0.230 e. The molecule has 102 valence electrons. The van der Waals surface area contributed by atoms with E-state index in [2.05, 4.69) is 26.1 Å². The van der Waals surface area contributed by atoms with E-state index < -0.39 is 0 Å². The maximum absolute atomic E-state index is 11.7. The lowest BCUT2D eigenvalue weighted by atomic mass is 9.85. The summed E-state index contributed by atoms with van der Waals surface area (Å²) >= 11 is 1.56. The van der Waals surface area contributed by atoms with Crippen LogP contribution in [0.2, 0.25) is 0 Å². The monoisotopic (exact) mass is 263 g/mol. The van der Waals surface area contributed by atoms with Crippen LogP contribution in [0.1, 0.15) is 27.2 Å². The zero-order valence-electron chi connectivity index (χ0n) is 11.3. The minimum absolute atomic E-state index is 0.0167. The Balaban J connectivity index is 3.96. The molecule has 1 atom stereocenters. The van der Waals surface area contributed by atoms with Crippen molar-refractivity contribution >= 4 is 17.7 Å². The molecule has 0 aromatic heterocycles. The van der Waals surface area contributed by atoms with Crippen molar-refractivity contribution in [1.82, 2.24) is 5.32 Å². The highest BCUT2D eigenvalue weighted by Gasteiger charge is 2.25. The topological polar surface area (TPSA) is 58.6 Å². The number of rotatable bonds is 8. The van der Waals surface area contributed by atoms with Crippen LogP contribution in [0.5, 0.6) is 0 Å². The van der Waals surface area contributed by atoms with Crippen molar-refractivity contribution in [2.45, 2.75) is 33.2 Å². The summed E-state index contributed by atoms with van der Waals surface area (Å²) in [5.74, 6) is 1.30. The predicted molar refractivity (Wildman–Crippen MR) is 72.3 cm³/mol. The van der Waals surface area contributed by atoms with E-state index in [0.717, 1.165) is 5.75 Å². The SMILES string of the molecule is COCCSCC(=O)NC(CCO)C(C)(C)C. The zero-order valence-corrected chi connectivity index (χ0v) is 12.1. The first-order chi connectivity index (χ1) is 7.91. The average molecular weight is 263 g/mol. The molecule has 0 aliphatic heterocycles. The fourth-order valence-corrected chi connectivity index (χ4v) is 2.09. The number of nitrogens with one attached hydrogen (secondary N) is 1. The van der Waals surface area contributed by atoms with Crippen molar-refractivity contribution in [3.05, 3.63) is 0 Å². The van der Waals surface area contributed by atoms with E-state index in [1.807, 2.05) is 0 Å². The quantitative estimate of drug-likeness (QED) is 0.648. The molecular weight excluding hydrogens is 238 g/mol. The molecule has 0 aromatic rings. The van der Waals surface area contributed by atoms with E-state index in [0.29, 0.717) is 18.8 Å². The maximum atomic E-state index is 11.7. The molecule has 1 amide bonds. The second-order valence-corrected chi connectivity index (χ2v) is 6.15. The number of hydrogen-bond acceptors (Lipinski definition) is 4. The Labute approximate surface area is 108 Å². The molecule has 2 N–H and O–H groups in total. The van der Waals surface area contributed by atoms with E-state index in [1.54, 1.807) is 18.9 Å². The first-order valence-corrected chi connectivity index (χ1v) is 7.04. The van der Waals surface area contributed by atoms with E-state index in [9.17, 15) is 4.79 Å². The summed E-state index contributed by atoms with van der Waals surface area (Å²) < 4.78 is 4.91. The highest BCUT2D eigenvalue weighted by atomic mass is 32.2. The van der Waals surface area contributed by atoms with Crippen molar-refractivity contribution in [3.63, 3.8) is 0 Å². The molecule has 0 saturated heterocycles. The van der Waals surface area contributed by atoms with Gasteiger partial charge < -0.3 is 15.2 Å². The summed E-state index contributed by atoms with van der Waals surface area (Å²) in [7, 11) is 1.65. The molecule has 4 nitrogen and oxygen atoms in total. The molecule has 0 aliphatic carbocycles. The lowest BCUT2D eigenvalue weighted by Crippen LogP contribution is -2.45. The van der Waals surface area contributed by atoms with E-state index >= 15 is 0 Å². The number of amides is 1. The van der Waals surface area contributed by atoms with Crippen LogP contribution in [0.4, 0.5) is 0 Å². The number of aliphatic hydroxyl groups excluding tert-OH is 1. The van der Waals surface area contributed by atoms with Gasteiger partial charge in [0.1, 0.15) is 0 Å². The molecule has 0 saturated carbocycles. The average Bonchev–Trinajstić information content (AvgIpc) is 2.22. The minimum Gasteiger partial charge on any atom is -0.396 e. The van der Waals surface area contributed by atoms with Crippen LogP contribution in [-0.2, 0) is 9.53 Å².